The zero-order valence-corrected chi connectivity index (χ0v) is 22.5. The van der Waals surface area contributed by atoms with Gasteiger partial charge < -0.3 is 15.0 Å². The van der Waals surface area contributed by atoms with Gasteiger partial charge in [-0.25, -0.2) is 14.4 Å². The Morgan fingerprint density at radius 2 is 2.11 bits per heavy atom. The molecule has 2 atom stereocenters. The fraction of sp³-hybridized carbons (Fsp3) is 0.519. The van der Waals surface area contributed by atoms with E-state index >= 15 is 0 Å². The molecule has 4 heterocycles. The number of hydrogen-bond acceptors (Lipinski definition) is 8. The molecule has 3 aromatic rings. The van der Waals surface area contributed by atoms with E-state index in [4.69, 9.17) is 4.74 Å². The average Bonchev–Trinajstić information content (AvgIpc) is 3.33. The normalized spacial score (nSPS) is 18.1. The largest absolute Gasteiger partial charge is 0.477 e. The second kappa shape index (κ2) is 13.0. The first-order valence-electron chi connectivity index (χ1n) is 12.9. The summed E-state index contributed by atoms with van der Waals surface area (Å²) < 4.78 is 19.0. The van der Waals surface area contributed by atoms with Crippen LogP contribution in [-0.4, -0.2) is 63.2 Å². The summed E-state index contributed by atoms with van der Waals surface area (Å²) in [6, 6.07) is 3.58. The molecule has 0 aromatic carbocycles. The van der Waals surface area contributed by atoms with Gasteiger partial charge in [0.2, 0.25) is 5.88 Å². The van der Waals surface area contributed by atoms with Crippen LogP contribution in [0.2, 0.25) is 0 Å². The molecule has 0 spiro atoms. The Balaban J connectivity index is 0.000000815. The highest BCUT2D eigenvalue weighted by Gasteiger charge is 2.25. The van der Waals surface area contributed by atoms with Crippen LogP contribution in [0.5, 0.6) is 5.88 Å². The first-order chi connectivity index (χ1) is 17.9. The topological polar surface area (TPSA) is 93.1 Å². The van der Waals surface area contributed by atoms with Gasteiger partial charge in [0.1, 0.15) is 11.9 Å². The highest BCUT2D eigenvalue weighted by molar-refractivity contribution is 7.16. The summed E-state index contributed by atoms with van der Waals surface area (Å²) in [5.74, 6) is 1.23. The predicted octanol–water partition coefficient (Wildman–Crippen LogP) is 5.52. The molecule has 8 nitrogen and oxygen atoms in total. The number of aryl methyl sites for hydroxylation is 1. The highest BCUT2D eigenvalue weighted by Crippen LogP contribution is 2.27. The van der Waals surface area contributed by atoms with E-state index in [1.165, 1.54) is 24.2 Å². The highest BCUT2D eigenvalue weighted by atomic mass is 32.1. The summed E-state index contributed by atoms with van der Waals surface area (Å²) in [5, 5.41) is 3.40. The van der Waals surface area contributed by atoms with Crippen molar-refractivity contribution >= 4 is 17.2 Å². The monoisotopic (exact) mass is 530 g/mol. The molecule has 2 fully saturated rings. The van der Waals surface area contributed by atoms with Crippen LogP contribution in [-0.2, 0) is 0 Å². The van der Waals surface area contributed by atoms with E-state index in [1.807, 2.05) is 26.0 Å². The number of likely N-dealkylation sites (tertiary alicyclic amines) is 1. The van der Waals surface area contributed by atoms with Gasteiger partial charge in [-0.2, -0.15) is 0 Å². The van der Waals surface area contributed by atoms with E-state index in [2.05, 4.69) is 37.1 Å². The Labute approximate surface area is 224 Å². The minimum Gasteiger partial charge on any atom is -0.477 e. The van der Waals surface area contributed by atoms with Crippen molar-refractivity contribution < 1.29 is 16.8 Å². The van der Waals surface area contributed by atoms with Crippen molar-refractivity contribution in [2.45, 2.75) is 58.7 Å². The number of ether oxygens (including phenoxy) is 1. The third-order valence-electron chi connectivity index (χ3n) is 6.27. The molecular weight excluding hydrogens is 491 g/mol. The number of hydrogen-bond donors (Lipinski definition) is 1. The van der Waals surface area contributed by atoms with Crippen LogP contribution in [0, 0.1) is 12.8 Å². The molecular formula is C27H39FN6O2S. The quantitative estimate of drug-likeness (QED) is 0.390. The van der Waals surface area contributed by atoms with Crippen LogP contribution in [0.25, 0.3) is 10.6 Å². The number of aromatic nitrogens is 4. The number of carbonyl (C=O) groups excluding carboxylic acids is 1. The minimum atomic E-state index is -0.770. The van der Waals surface area contributed by atoms with Crippen LogP contribution in [0.4, 0.5) is 4.39 Å². The minimum absolute atomic E-state index is 0. The third kappa shape index (κ3) is 8.26. The van der Waals surface area contributed by atoms with Crippen molar-refractivity contribution in [1.29, 1.82) is 0 Å². The maximum atomic E-state index is 13.6. The smallest absolute Gasteiger partial charge is 0.280 e. The summed E-state index contributed by atoms with van der Waals surface area (Å²) in [6.45, 7) is 8.50. The van der Waals surface area contributed by atoms with Crippen LogP contribution in [0.1, 0.15) is 69.5 Å². The molecule has 5 rings (SSSR count). The Morgan fingerprint density at radius 3 is 2.78 bits per heavy atom. The molecule has 0 bridgehead atoms. The first kappa shape index (κ1) is 27.1. The molecule has 0 radical (unpaired) electrons. The van der Waals surface area contributed by atoms with E-state index in [9.17, 15) is 9.18 Å². The molecule has 1 aliphatic heterocycles. The number of carbonyl (C=O) groups is 1. The van der Waals surface area contributed by atoms with Gasteiger partial charge in [-0.05, 0) is 50.3 Å². The molecule has 1 saturated carbocycles. The molecule has 1 N–H and O–H groups in total. The number of alkyl halides is 1. The Hall–Kier alpha value is -2.98. The van der Waals surface area contributed by atoms with Crippen LogP contribution < -0.4 is 10.1 Å². The summed E-state index contributed by atoms with van der Waals surface area (Å²) >= 11 is 1.24. The van der Waals surface area contributed by atoms with Gasteiger partial charge in [0.25, 0.3) is 5.91 Å². The molecule has 1 amide bonds. The van der Waals surface area contributed by atoms with Gasteiger partial charge in [0.05, 0.1) is 35.6 Å². The van der Waals surface area contributed by atoms with Gasteiger partial charge in [-0.3, -0.25) is 14.8 Å². The molecule has 202 valence electrons. The molecule has 0 unspecified atom stereocenters. The standard InChI is InChI=1S/C23H27FN6O2S.C4H8.2H2/c1-3-32-21-13-25-11-19(28-21)20-12-27-23(33-20)22(31)29-17(18-10-15(2)4-7-26-18)6-9-30-8-5-16(24)14-30;1-4-2-3-4;;/h4,7,10-13,16-17H,3,5-6,8-9,14H2,1-2H3,(H,29,31);4H,2-3H2,1H3;2*1H/t16-,17+;;;/m0.../s1. The van der Waals surface area contributed by atoms with Crippen LogP contribution in [0.3, 0.4) is 0 Å². The van der Waals surface area contributed by atoms with Crippen molar-refractivity contribution in [2.24, 2.45) is 5.92 Å². The molecule has 37 heavy (non-hydrogen) atoms. The summed E-state index contributed by atoms with van der Waals surface area (Å²) in [4.78, 5) is 33.2. The third-order valence-corrected chi connectivity index (χ3v) is 7.29. The lowest BCUT2D eigenvalue weighted by atomic mass is 10.1. The van der Waals surface area contributed by atoms with E-state index in [0.717, 1.165) is 28.6 Å². The Kier molecular flexibility index (Phi) is 9.51. The molecule has 1 saturated heterocycles. The number of halogens is 1. The summed E-state index contributed by atoms with van der Waals surface area (Å²) in [7, 11) is 0. The second-order valence-corrected chi connectivity index (χ2v) is 10.7. The van der Waals surface area contributed by atoms with Crippen LogP contribution in [0.15, 0.2) is 36.9 Å². The zero-order chi connectivity index (χ0) is 26.2. The number of rotatable bonds is 9. The summed E-state index contributed by atoms with van der Waals surface area (Å²) in [6.07, 6.45) is 9.92. The van der Waals surface area contributed by atoms with E-state index in [0.29, 0.717) is 49.1 Å². The lowest BCUT2D eigenvalue weighted by molar-refractivity contribution is 0.0930. The Morgan fingerprint density at radius 1 is 1.30 bits per heavy atom. The lowest BCUT2D eigenvalue weighted by Gasteiger charge is -2.22. The van der Waals surface area contributed by atoms with Crippen molar-refractivity contribution in [3.05, 3.63) is 53.2 Å². The van der Waals surface area contributed by atoms with Crippen molar-refractivity contribution in [3.63, 3.8) is 0 Å². The number of nitrogens with one attached hydrogen (secondary N) is 1. The summed E-state index contributed by atoms with van der Waals surface area (Å²) in [5.41, 5.74) is 2.45. The van der Waals surface area contributed by atoms with Gasteiger partial charge in [-0.1, -0.05) is 19.8 Å². The van der Waals surface area contributed by atoms with E-state index in [1.54, 1.807) is 24.8 Å². The van der Waals surface area contributed by atoms with Crippen LogP contribution >= 0.6 is 11.3 Å². The van der Waals surface area contributed by atoms with Crippen molar-refractivity contribution in [3.8, 4) is 16.5 Å². The average molecular weight is 531 g/mol. The molecule has 2 aliphatic rings. The number of thiazole rings is 1. The van der Waals surface area contributed by atoms with Crippen molar-refractivity contribution in [1.82, 2.24) is 30.2 Å². The molecule has 10 heteroatoms. The Bertz CT molecular complexity index is 1180. The van der Waals surface area contributed by atoms with Gasteiger partial charge in [-0.15, -0.1) is 11.3 Å². The maximum absolute atomic E-state index is 13.6. The SMILES string of the molecule is CC1CC1.CCOc1cncc(-c2cnc(C(=O)N[C@H](CCN3CC[C@H](F)C3)c3cc(C)ccn3)s2)n1.[HH].[HH]. The van der Waals surface area contributed by atoms with E-state index < -0.39 is 6.17 Å². The van der Waals surface area contributed by atoms with Gasteiger partial charge >= 0.3 is 0 Å². The molecule has 3 aromatic heterocycles. The maximum Gasteiger partial charge on any atom is 0.280 e. The predicted molar refractivity (Wildman–Crippen MR) is 147 cm³/mol. The number of nitrogens with zero attached hydrogens (tertiary/aromatic N) is 5. The fourth-order valence-electron chi connectivity index (χ4n) is 3.91. The number of amides is 1. The zero-order valence-electron chi connectivity index (χ0n) is 21.7. The number of pyridine rings is 1. The van der Waals surface area contributed by atoms with Crippen molar-refractivity contribution in [2.75, 3.05) is 26.2 Å². The van der Waals surface area contributed by atoms with Gasteiger partial charge in [0, 0.05) is 34.9 Å². The second-order valence-electron chi connectivity index (χ2n) is 9.65. The van der Waals surface area contributed by atoms with E-state index in [-0.39, 0.29) is 14.8 Å². The molecule has 1 aliphatic carbocycles. The van der Waals surface area contributed by atoms with Gasteiger partial charge in [0.15, 0.2) is 5.01 Å². The first-order valence-corrected chi connectivity index (χ1v) is 13.7. The lowest BCUT2D eigenvalue weighted by Crippen LogP contribution is -2.32. The fourth-order valence-corrected chi connectivity index (χ4v) is 4.69.